The van der Waals surface area contributed by atoms with Crippen LogP contribution in [-0.2, 0) is 18.9 Å². The first-order valence-corrected chi connectivity index (χ1v) is 10.6. The van der Waals surface area contributed by atoms with Crippen molar-refractivity contribution in [3.63, 3.8) is 0 Å². The van der Waals surface area contributed by atoms with Crippen LogP contribution in [0.1, 0.15) is 6.92 Å². The van der Waals surface area contributed by atoms with Gasteiger partial charge in [-0.05, 0) is 6.92 Å². The number of rotatable bonds is 5. The molecule has 3 heterocycles. The summed E-state index contributed by atoms with van der Waals surface area (Å²) in [5.74, 6) is -2.79. The van der Waals surface area contributed by atoms with E-state index in [-0.39, 0.29) is 0 Å². The van der Waals surface area contributed by atoms with E-state index in [9.17, 15) is 56.2 Å². The van der Waals surface area contributed by atoms with Crippen molar-refractivity contribution in [2.45, 2.75) is 98.0 Å². The maximum absolute atomic E-state index is 11.5. The molecule has 0 aromatic carbocycles. The Morgan fingerprint density at radius 3 is 1.91 bits per heavy atom. The van der Waals surface area contributed by atoms with Gasteiger partial charge in [0.05, 0.1) is 19.3 Å². The quantitative estimate of drug-likeness (QED) is 0.155. The Kier molecular flexibility index (Phi) is 8.23. The summed E-state index contributed by atoms with van der Waals surface area (Å²) in [7, 11) is 0. The van der Waals surface area contributed by atoms with Gasteiger partial charge in [0.1, 0.15) is 61.0 Å². The van der Waals surface area contributed by atoms with Gasteiger partial charge in [0.15, 0.2) is 18.0 Å². The summed E-state index contributed by atoms with van der Waals surface area (Å²) in [5.41, 5.74) is 2.42. The molecule has 0 bridgehead atoms. The van der Waals surface area contributed by atoms with Gasteiger partial charge in [0, 0.05) is 0 Å². The van der Waals surface area contributed by atoms with E-state index in [1.165, 1.54) is 6.92 Å². The normalized spacial score (nSPS) is 56.9. The van der Waals surface area contributed by atoms with Gasteiger partial charge >= 0.3 is 0 Å². The van der Waals surface area contributed by atoms with E-state index < -0.39 is 104 Å². The average Bonchev–Trinajstić information content (AvgIpc) is 2.80. The molecule has 3 aliphatic heterocycles. The van der Waals surface area contributed by atoms with Gasteiger partial charge < -0.3 is 75.1 Å². The number of aliphatic hydroxyl groups is 11. The molecule has 3 fully saturated rings. The van der Waals surface area contributed by atoms with Crippen LogP contribution < -0.4 is 5.73 Å². The van der Waals surface area contributed by atoms with Crippen LogP contribution >= 0.6 is 0 Å². The molecule has 0 radical (unpaired) electrons. The van der Waals surface area contributed by atoms with Crippen LogP contribution in [0.3, 0.4) is 0 Å². The van der Waals surface area contributed by atoms with Crippen LogP contribution in [0.25, 0.3) is 0 Å². The first-order chi connectivity index (χ1) is 15.7. The average molecular weight is 503 g/mol. The molecule has 3 aliphatic rings. The Morgan fingerprint density at radius 2 is 1.35 bits per heavy atom. The smallest absolute Gasteiger partial charge is 0.252 e. The van der Waals surface area contributed by atoms with Crippen molar-refractivity contribution in [3.8, 4) is 0 Å². The Hall–Kier alpha value is -0.640. The van der Waals surface area contributed by atoms with E-state index in [0.717, 1.165) is 0 Å². The third-order valence-electron chi connectivity index (χ3n) is 6.59. The molecule has 13 N–H and O–H groups in total. The number of aliphatic hydroxyl groups excluding tert-OH is 9. The fourth-order valence-corrected chi connectivity index (χ4v) is 4.47. The second kappa shape index (κ2) is 10.0. The van der Waals surface area contributed by atoms with Gasteiger partial charge in [0.2, 0.25) is 0 Å². The standard InChI is InChI=1S/C18H33NO15/c1-4-7(22)9(24)10(25)15(31-4)17(29)13(27)8(23)5(2-20)32-16(17)33-12-6(3-21)34-18(19,30)14(28)11(12)26/h4-16,20-30H,2-3,19H2,1H3/t4-,5+,6+,7+,8-,9+,10-,11-,12+,13-,14+,15?,16-,17-,18?/m0/s1. The first kappa shape index (κ1) is 27.9. The van der Waals surface area contributed by atoms with Gasteiger partial charge in [-0.2, -0.15) is 0 Å². The highest BCUT2D eigenvalue weighted by Gasteiger charge is 2.65. The highest BCUT2D eigenvalue weighted by atomic mass is 16.7. The van der Waals surface area contributed by atoms with Gasteiger partial charge in [-0.15, -0.1) is 0 Å². The molecule has 34 heavy (non-hydrogen) atoms. The third-order valence-corrected chi connectivity index (χ3v) is 6.59. The lowest BCUT2D eigenvalue weighted by Crippen LogP contribution is -2.78. The summed E-state index contributed by atoms with van der Waals surface area (Å²) < 4.78 is 21.2. The van der Waals surface area contributed by atoms with Gasteiger partial charge in [-0.25, -0.2) is 0 Å². The molecule has 3 rings (SSSR count). The predicted octanol–water partition coefficient (Wildman–Crippen LogP) is -7.87. The van der Waals surface area contributed by atoms with E-state index >= 15 is 0 Å². The van der Waals surface area contributed by atoms with Crippen LogP contribution in [0.2, 0.25) is 0 Å². The highest BCUT2D eigenvalue weighted by Crippen LogP contribution is 2.41. The Labute approximate surface area is 192 Å². The molecule has 2 unspecified atom stereocenters. The summed E-state index contributed by atoms with van der Waals surface area (Å²) in [4.78, 5) is 0. The molecule has 16 nitrogen and oxygen atoms in total. The number of ether oxygens (including phenoxy) is 4. The van der Waals surface area contributed by atoms with E-state index in [1.807, 2.05) is 0 Å². The van der Waals surface area contributed by atoms with Crippen molar-refractivity contribution in [2.24, 2.45) is 5.73 Å². The molecular weight excluding hydrogens is 470 g/mol. The monoisotopic (exact) mass is 503 g/mol. The highest BCUT2D eigenvalue weighted by molar-refractivity contribution is 5.11. The molecule has 0 aromatic heterocycles. The number of hydrogen-bond acceptors (Lipinski definition) is 16. The van der Waals surface area contributed by atoms with E-state index in [1.54, 1.807) is 0 Å². The fourth-order valence-electron chi connectivity index (χ4n) is 4.47. The van der Waals surface area contributed by atoms with Crippen LogP contribution in [0.4, 0.5) is 0 Å². The topological polar surface area (TPSA) is 285 Å². The summed E-state index contributed by atoms with van der Waals surface area (Å²) >= 11 is 0. The van der Waals surface area contributed by atoms with Crippen LogP contribution in [0.15, 0.2) is 0 Å². The molecule has 0 spiro atoms. The zero-order valence-electron chi connectivity index (χ0n) is 18.0. The van der Waals surface area contributed by atoms with Crippen molar-refractivity contribution in [2.75, 3.05) is 13.2 Å². The van der Waals surface area contributed by atoms with Crippen molar-refractivity contribution < 1.29 is 75.1 Å². The molecule has 0 amide bonds. The van der Waals surface area contributed by atoms with E-state index in [0.29, 0.717) is 0 Å². The molecule has 0 aliphatic carbocycles. The van der Waals surface area contributed by atoms with Crippen LogP contribution in [0.5, 0.6) is 0 Å². The second-order valence-corrected chi connectivity index (χ2v) is 8.87. The minimum Gasteiger partial charge on any atom is -0.394 e. The molecule has 0 aromatic rings. The van der Waals surface area contributed by atoms with Crippen molar-refractivity contribution >= 4 is 0 Å². The zero-order valence-corrected chi connectivity index (χ0v) is 18.0. The van der Waals surface area contributed by atoms with Crippen molar-refractivity contribution in [1.29, 1.82) is 0 Å². The maximum atomic E-state index is 11.5. The summed E-state index contributed by atoms with van der Waals surface area (Å²) in [6.45, 7) is -0.537. The summed E-state index contributed by atoms with van der Waals surface area (Å²) in [6, 6.07) is 0. The van der Waals surface area contributed by atoms with Crippen molar-refractivity contribution in [1.82, 2.24) is 0 Å². The lowest BCUT2D eigenvalue weighted by atomic mass is 9.76. The lowest BCUT2D eigenvalue weighted by molar-refractivity contribution is -0.415. The minimum absolute atomic E-state index is 0.891. The molecule has 3 saturated heterocycles. The minimum atomic E-state index is -2.93. The zero-order chi connectivity index (χ0) is 25.7. The molecular formula is C18H33NO15. The van der Waals surface area contributed by atoms with Crippen LogP contribution in [0, 0.1) is 0 Å². The van der Waals surface area contributed by atoms with E-state index in [4.69, 9.17) is 24.7 Å². The third kappa shape index (κ3) is 4.48. The predicted molar refractivity (Wildman–Crippen MR) is 103 cm³/mol. The van der Waals surface area contributed by atoms with Gasteiger partial charge in [0.25, 0.3) is 5.91 Å². The van der Waals surface area contributed by atoms with E-state index in [2.05, 4.69) is 0 Å². The molecule has 200 valence electrons. The van der Waals surface area contributed by atoms with Gasteiger partial charge in [-0.1, -0.05) is 0 Å². The molecule has 0 saturated carbocycles. The summed E-state index contributed by atoms with van der Waals surface area (Å²) in [5, 5.41) is 113. The number of nitrogens with two attached hydrogens (primary N) is 1. The maximum Gasteiger partial charge on any atom is 0.252 e. The Balaban J connectivity index is 2.00. The SMILES string of the molecule is C[C@@H]1OC([C@]2(O)[C@H](O[C@H]3[C@H](O)[C@@H](O)C(N)(O)O[C@@H]3CO)O[C@H](CO)[C@H](O)[C@@H]2O)[C@@H](O)[C@H](O)[C@@H]1O. The largest absolute Gasteiger partial charge is 0.394 e. The molecule has 16 heteroatoms. The Morgan fingerprint density at radius 1 is 0.765 bits per heavy atom. The Bertz CT molecular complexity index is 698. The fraction of sp³-hybridized carbons (Fsp3) is 1.00. The van der Waals surface area contributed by atoms with Crippen molar-refractivity contribution in [3.05, 3.63) is 0 Å². The summed E-state index contributed by atoms with van der Waals surface area (Å²) in [6.07, 6.45) is -24.3. The van der Waals surface area contributed by atoms with Crippen LogP contribution in [-0.4, -0.2) is 160 Å². The molecule has 15 atom stereocenters. The second-order valence-electron chi connectivity index (χ2n) is 8.87. The van der Waals surface area contributed by atoms with Gasteiger partial charge in [-0.3, -0.25) is 5.73 Å². The first-order valence-electron chi connectivity index (χ1n) is 10.6. The lowest BCUT2D eigenvalue weighted by Gasteiger charge is -2.55. The number of hydrogen-bond donors (Lipinski definition) is 12.